The molecular weight excluding hydrogens is 1500 g/mol. The van der Waals surface area contributed by atoms with E-state index in [1.807, 2.05) is 132 Å². The van der Waals surface area contributed by atoms with Gasteiger partial charge in [-0.2, -0.15) is 15.3 Å². The van der Waals surface area contributed by atoms with Crippen LogP contribution in [0.15, 0.2) is 188 Å². The molecule has 2 aliphatic carbocycles. The van der Waals surface area contributed by atoms with E-state index >= 15 is 0 Å². The van der Waals surface area contributed by atoms with E-state index in [1.165, 1.54) is 31.2 Å². The summed E-state index contributed by atoms with van der Waals surface area (Å²) in [5, 5.41) is 32.8. The monoisotopic (exact) mass is 1580 g/mol. The Morgan fingerprint density at radius 1 is 0.424 bits per heavy atom. The predicted molar refractivity (Wildman–Crippen MR) is 439 cm³/mol. The van der Waals surface area contributed by atoms with Gasteiger partial charge in [0.2, 0.25) is 0 Å². The molecule has 12 amide bonds. The Kier molecular flexibility index (Phi) is 18.8. The highest BCUT2D eigenvalue weighted by molar-refractivity contribution is 6.11. The molecule has 27 nitrogen and oxygen atoms in total. The van der Waals surface area contributed by atoms with Crippen molar-refractivity contribution in [2.45, 2.75) is 109 Å². The van der Waals surface area contributed by atoms with Crippen molar-refractivity contribution in [3.8, 4) is 50.6 Å². The Hall–Kier alpha value is -14.0. The molecule has 0 radical (unpaired) electrons. The highest BCUT2D eigenvalue weighted by Gasteiger charge is 2.54. The number of rotatable bonds is 20. The number of amides is 12. The molecular formula is C91H85N15O12. The molecule has 118 heavy (non-hydrogen) atoms. The molecule has 6 aliphatic heterocycles. The number of ether oxygens (including phenoxy) is 3. The van der Waals surface area contributed by atoms with Crippen molar-refractivity contribution in [2.24, 2.45) is 11.8 Å². The van der Waals surface area contributed by atoms with Gasteiger partial charge < -0.3 is 44.9 Å². The zero-order chi connectivity index (χ0) is 81.8. The minimum Gasteiger partial charge on any atom is -0.497 e. The number of nitrogens with zero attached hydrogens (tertiary/aromatic N) is 9. The summed E-state index contributed by atoms with van der Waals surface area (Å²) in [7, 11) is 4.65. The summed E-state index contributed by atoms with van der Waals surface area (Å²) < 4.78 is 21.9. The van der Waals surface area contributed by atoms with Gasteiger partial charge in [0, 0.05) is 84.0 Å². The van der Waals surface area contributed by atoms with Crippen molar-refractivity contribution >= 4 is 86.2 Å². The van der Waals surface area contributed by atoms with Crippen molar-refractivity contribution in [2.75, 3.05) is 41.0 Å². The number of hydrogen-bond acceptors (Lipinski definition) is 15. The van der Waals surface area contributed by atoms with Gasteiger partial charge in [0.25, 0.3) is 35.4 Å². The number of carbonyl (C=O) groups excluding carboxylic acids is 9. The average Bonchev–Trinajstić information content (AvgIpc) is 1.59. The van der Waals surface area contributed by atoms with E-state index < -0.39 is 52.4 Å². The number of hydrogen-bond donors (Lipinski definition) is 6. The molecule has 0 spiro atoms. The van der Waals surface area contributed by atoms with Crippen molar-refractivity contribution in [3.63, 3.8) is 0 Å². The Balaban J connectivity index is 0.000000122. The molecule has 12 aromatic rings. The third kappa shape index (κ3) is 13.8. The second kappa shape index (κ2) is 29.4. The average molecular weight is 1580 g/mol. The van der Waals surface area contributed by atoms with Crippen LogP contribution in [0.1, 0.15) is 121 Å². The van der Waals surface area contributed by atoms with Gasteiger partial charge in [-0.3, -0.25) is 58.8 Å². The molecule has 3 aromatic heterocycles. The van der Waals surface area contributed by atoms with Gasteiger partial charge in [-0.05, 0) is 216 Å². The lowest BCUT2D eigenvalue weighted by Gasteiger charge is -2.31. The van der Waals surface area contributed by atoms with Crippen LogP contribution in [0.25, 0.3) is 66.1 Å². The Morgan fingerprint density at radius 2 is 0.822 bits per heavy atom. The van der Waals surface area contributed by atoms with Gasteiger partial charge in [-0.15, -0.1) is 0 Å². The number of benzene rings is 9. The maximum Gasteiger partial charge on any atom is 0.322 e. The molecule has 0 bridgehead atoms. The van der Waals surface area contributed by atoms with Crippen LogP contribution in [-0.4, -0.2) is 139 Å². The van der Waals surface area contributed by atoms with Crippen LogP contribution >= 0.6 is 0 Å². The predicted octanol–water partition coefficient (Wildman–Crippen LogP) is 12.2. The number of nitrogens with one attached hydrogen (secondary N) is 6. The highest BCUT2D eigenvalue weighted by Crippen LogP contribution is 2.41. The van der Waals surface area contributed by atoms with Gasteiger partial charge in [-0.25, -0.2) is 14.4 Å². The first-order chi connectivity index (χ1) is 56.9. The first-order valence-electron chi connectivity index (χ1n) is 39.5. The summed E-state index contributed by atoms with van der Waals surface area (Å²) in [6, 6.07) is 52.1. The van der Waals surface area contributed by atoms with E-state index in [2.05, 4.69) is 116 Å². The van der Waals surface area contributed by atoms with Crippen LogP contribution in [0.4, 0.5) is 14.4 Å². The zero-order valence-corrected chi connectivity index (χ0v) is 66.0. The lowest BCUT2D eigenvalue weighted by atomic mass is 9.87. The molecule has 8 aliphatic rings. The standard InChI is InChI=1S/2C31H29N5O4.C29H27N5O4/c1-18-11-22(12-23-14-32-36(27(18)23)15-19-3-4-19)20-5-8-24(9-6-20)31(29(38)33-30(39)34-31)17-35-16-21-7-10-25(40-2)13-26(21)28(35)37;1-18-11-22(12-23-16-36(34-27(18)23)14-19-3-4-19)20-5-8-24(9-6-20)31(29(38)32-30(39)33-31)17-35-15-21-7-10-25(40-2)13-26(21)28(35)37;1-17(2)34-15-21-12-19(7-11-25(21)32-34)18-4-8-22(9-5-18)29(27(36)30-28(37)31-29)16-33-14-20-6-10-23(38-3)13-24(20)26(33)35/h5-14,19H,3-4,15-17H2,1-2H3,(H2,33,34,38,39);5-13,16,19H,3-4,14-15,17H2,1-2H3,(H2,32,33,38,39);4-13,15,17H,14,16H2,1-3H3,(H2,30,31,36,37)/t2*31-;29-/m000/s1. The van der Waals surface area contributed by atoms with Crippen molar-refractivity contribution < 1.29 is 57.4 Å². The van der Waals surface area contributed by atoms with Gasteiger partial charge in [0.15, 0.2) is 16.6 Å². The molecule has 2 saturated carbocycles. The van der Waals surface area contributed by atoms with Gasteiger partial charge in [-0.1, -0.05) is 97.1 Å². The van der Waals surface area contributed by atoms with E-state index in [9.17, 15) is 43.2 Å². The van der Waals surface area contributed by atoms with E-state index in [1.54, 1.807) is 60.3 Å². The fraction of sp³-hybridized carbons (Fsp3) is 0.275. The number of aryl methyl sites for hydroxylation is 2. The fourth-order valence-corrected chi connectivity index (χ4v) is 17.1. The molecule has 9 aromatic carbocycles. The minimum absolute atomic E-state index is 0.0000942. The van der Waals surface area contributed by atoms with E-state index in [0.717, 1.165) is 113 Å². The SMILES string of the molecule is COc1ccc2c(c1)C(=O)N(C[C@@]1(c3ccc(-c4cc(C)c5c(cnn5CC5CC5)c4)cc3)NC(=O)NC1=O)C2.COc1ccc2c(c1)C(=O)N(C[C@@]1(c3ccc(-c4cc(C)c5nn(CC6CC6)cc5c4)cc3)NC(=O)NC1=O)C2.COc1ccc2c(c1)C(=O)N(C[C@@]1(c3ccc(-c4ccc5nn(C(C)C)cc5c4)cc3)NC(=O)NC1=O)C2. The second-order valence-corrected chi connectivity index (χ2v) is 32.2. The second-order valence-electron chi connectivity index (χ2n) is 32.2. The quantitative estimate of drug-likeness (QED) is 0.0386. The molecule has 27 heteroatoms. The molecule has 20 rings (SSSR count). The topological polar surface area (TPSA) is 317 Å². The smallest absolute Gasteiger partial charge is 0.322 e. The van der Waals surface area contributed by atoms with E-state index in [4.69, 9.17) is 19.3 Å². The normalized spacial score (nSPS) is 19.7. The molecule has 5 fully saturated rings. The fourth-order valence-electron chi connectivity index (χ4n) is 17.1. The van der Waals surface area contributed by atoms with Gasteiger partial charge in [0.1, 0.15) is 17.2 Å². The van der Waals surface area contributed by atoms with Crippen LogP contribution in [0.2, 0.25) is 0 Å². The van der Waals surface area contributed by atoms with Crippen LogP contribution < -0.4 is 46.1 Å². The number of carbonyl (C=O) groups is 9. The number of aromatic nitrogens is 6. The Labute approximate surface area is 678 Å². The minimum atomic E-state index is -1.40. The Morgan fingerprint density at radius 3 is 1.23 bits per heavy atom. The summed E-state index contributed by atoms with van der Waals surface area (Å²) in [6.07, 6.45) is 11.2. The lowest BCUT2D eigenvalue weighted by molar-refractivity contribution is -0.125. The third-order valence-electron chi connectivity index (χ3n) is 23.9. The van der Waals surface area contributed by atoms with Crippen molar-refractivity contribution in [1.82, 2.24) is 75.9 Å². The summed E-state index contributed by atoms with van der Waals surface area (Å²) >= 11 is 0. The Bertz CT molecular complexity index is 6030. The van der Waals surface area contributed by atoms with Gasteiger partial charge >= 0.3 is 18.1 Å². The summed E-state index contributed by atoms with van der Waals surface area (Å²) in [5.74, 6) is 1.20. The highest BCUT2D eigenvalue weighted by atomic mass is 16.5. The summed E-state index contributed by atoms with van der Waals surface area (Å²) in [5.41, 5.74) is 13.2. The molecule has 3 saturated heterocycles. The van der Waals surface area contributed by atoms with Crippen LogP contribution in [0, 0.1) is 25.7 Å². The third-order valence-corrected chi connectivity index (χ3v) is 23.9. The number of methoxy groups -OCH3 is 3. The number of urea groups is 3. The summed E-state index contributed by atoms with van der Waals surface area (Å²) in [6.45, 7) is 11.3. The molecule has 596 valence electrons. The maximum absolute atomic E-state index is 13.3. The summed E-state index contributed by atoms with van der Waals surface area (Å²) in [4.78, 5) is 121. The molecule has 6 N–H and O–H groups in total. The van der Waals surface area contributed by atoms with Gasteiger partial charge in [0.05, 0.1) is 63.7 Å². The number of imide groups is 3. The first kappa shape index (κ1) is 75.4. The van der Waals surface area contributed by atoms with E-state index in [-0.39, 0.29) is 43.4 Å². The van der Waals surface area contributed by atoms with Crippen LogP contribution in [0.3, 0.4) is 0 Å². The van der Waals surface area contributed by atoms with E-state index in [0.29, 0.717) is 70.3 Å². The molecule has 3 atom stereocenters. The zero-order valence-electron chi connectivity index (χ0n) is 66.0. The first-order valence-corrected chi connectivity index (χ1v) is 39.5. The molecule has 9 heterocycles. The number of fused-ring (bicyclic) bond motifs is 6. The van der Waals surface area contributed by atoms with Crippen molar-refractivity contribution in [1.29, 1.82) is 0 Å². The largest absolute Gasteiger partial charge is 0.497 e. The van der Waals surface area contributed by atoms with Crippen LogP contribution in [0.5, 0.6) is 17.2 Å². The lowest BCUT2D eigenvalue weighted by Crippen LogP contribution is -2.52. The maximum atomic E-state index is 13.3. The van der Waals surface area contributed by atoms with Crippen LogP contribution in [-0.2, 0) is 63.7 Å². The van der Waals surface area contributed by atoms with Crippen molar-refractivity contribution in [3.05, 3.63) is 250 Å². The molecule has 0 unspecified atom stereocenters.